The van der Waals surface area contributed by atoms with Crippen LogP contribution < -0.4 is 10.6 Å². The van der Waals surface area contributed by atoms with E-state index in [1.807, 2.05) is 13.0 Å². The van der Waals surface area contributed by atoms with Crippen LogP contribution in [-0.4, -0.2) is 42.5 Å². The zero-order valence-electron chi connectivity index (χ0n) is 12.3. The van der Waals surface area contributed by atoms with E-state index in [9.17, 15) is 8.42 Å². The van der Waals surface area contributed by atoms with Crippen LogP contribution in [0.4, 0.5) is 11.6 Å². The second-order valence-electron chi connectivity index (χ2n) is 5.87. The molecule has 6 nitrogen and oxygen atoms in total. The first-order valence-electron chi connectivity index (χ1n) is 7.65. The highest BCUT2D eigenvalue weighted by molar-refractivity contribution is 7.91. The van der Waals surface area contributed by atoms with Crippen molar-refractivity contribution in [2.45, 2.75) is 44.6 Å². The third kappa shape index (κ3) is 3.84. The summed E-state index contributed by atoms with van der Waals surface area (Å²) < 4.78 is 23.0. The summed E-state index contributed by atoms with van der Waals surface area (Å²) >= 11 is 0. The van der Waals surface area contributed by atoms with E-state index in [0.29, 0.717) is 18.8 Å². The third-order valence-corrected chi connectivity index (χ3v) is 5.67. The molecule has 0 spiro atoms. The van der Waals surface area contributed by atoms with Crippen molar-refractivity contribution in [3.05, 3.63) is 11.9 Å². The Morgan fingerprint density at radius 1 is 1.14 bits per heavy atom. The van der Waals surface area contributed by atoms with Gasteiger partial charge in [0.15, 0.2) is 0 Å². The van der Waals surface area contributed by atoms with Crippen molar-refractivity contribution in [1.29, 1.82) is 0 Å². The van der Waals surface area contributed by atoms with Gasteiger partial charge in [0.1, 0.15) is 27.3 Å². The molecule has 21 heavy (non-hydrogen) atoms. The van der Waals surface area contributed by atoms with E-state index in [2.05, 4.69) is 20.6 Å². The van der Waals surface area contributed by atoms with Gasteiger partial charge >= 0.3 is 0 Å². The van der Waals surface area contributed by atoms with Crippen LogP contribution in [0.25, 0.3) is 0 Å². The molecule has 1 saturated heterocycles. The van der Waals surface area contributed by atoms with E-state index >= 15 is 0 Å². The van der Waals surface area contributed by atoms with Gasteiger partial charge in [-0.3, -0.25) is 0 Å². The highest BCUT2D eigenvalue weighted by Crippen LogP contribution is 2.39. The molecule has 0 aromatic carbocycles. The topological polar surface area (TPSA) is 84.0 Å². The number of hydrogen-bond acceptors (Lipinski definition) is 6. The molecule has 1 aromatic heterocycles. The van der Waals surface area contributed by atoms with Crippen LogP contribution in [0.1, 0.15) is 44.3 Å². The molecule has 2 aliphatic rings. The van der Waals surface area contributed by atoms with Crippen LogP contribution in [0, 0.1) is 0 Å². The number of nitrogens with one attached hydrogen (secondary N) is 2. The molecule has 0 radical (unpaired) electrons. The Kier molecular flexibility index (Phi) is 4.01. The lowest BCUT2D eigenvalue weighted by Gasteiger charge is -2.24. The van der Waals surface area contributed by atoms with E-state index in [1.165, 1.54) is 0 Å². The molecule has 0 amide bonds. The van der Waals surface area contributed by atoms with Gasteiger partial charge in [-0.15, -0.1) is 0 Å². The molecule has 2 fully saturated rings. The van der Waals surface area contributed by atoms with Gasteiger partial charge in [0.2, 0.25) is 0 Å². The number of rotatable bonds is 5. The number of nitrogens with zero attached hydrogens (tertiary/aromatic N) is 2. The van der Waals surface area contributed by atoms with E-state index in [4.69, 9.17) is 0 Å². The Labute approximate surface area is 125 Å². The normalized spacial score (nSPS) is 22.0. The highest BCUT2D eigenvalue weighted by Gasteiger charge is 2.28. The Morgan fingerprint density at radius 2 is 1.81 bits per heavy atom. The number of sulfone groups is 1. The lowest BCUT2D eigenvalue weighted by Crippen LogP contribution is -2.32. The minimum atomic E-state index is -2.82. The van der Waals surface area contributed by atoms with E-state index < -0.39 is 9.84 Å². The Hall–Kier alpha value is -1.37. The molecule has 1 aliphatic carbocycles. The molecular formula is C14H22N4O2S. The van der Waals surface area contributed by atoms with Gasteiger partial charge in [-0.25, -0.2) is 18.4 Å². The van der Waals surface area contributed by atoms with E-state index in [-0.39, 0.29) is 17.5 Å². The molecule has 0 atom stereocenters. The summed E-state index contributed by atoms with van der Waals surface area (Å²) in [4.78, 5) is 9.14. The van der Waals surface area contributed by atoms with Gasteiger partial charge in [-0.2, -0.15) is 0 Å². The fourth-order valence-corrected chi connectivity index (χ4v) is 4.07. The first kappa shape index (κ1) is 14.6. The van der Waals surface area contributed by atoms with Gasteiger partial charge < -0.3 is 10.6 Å². The van der Waals surface area contributed by atoms with Crippen molar-refractivity contribution in [2.75, 3.05) is 28.7 Å². The standard InChI is InChI=1S/C14H22N4O2S/c1-2-15-12-9-13(18-14(17-12)10-3-4-10)16-11-5-7-21(19,20)8-6-11/h9-11H,2-8H2,1H3,(H2,15,16,17,18). The first-order valence-corrected chi connectivity index (χ1v) is 9.47. The van der Waals surface area contributed by atoms with Crippen LogP contribution >= 0.6 is 0 Å². The lowest BCUT2D eigenvalue weighted by molar-refractivity contribution is 0.559. The molecule has 2 N–H and O–H groups in total. The summed E-state index contributed by atoms with van der Waals surface area (Å²) in [6.07, 6.45) is 3.64. The van der Waals surface area contributed by atoms with Crippen LogP contribution in [0.15, 0.2) is 6.07 Å². The average Bonchev–Trinajstić information content (AvgIpc) is 3.26. The second-order valence-corrected chi connectivity index (χ2v) is 8.18. The highest BCUT2D eigenvalue weighted by atomic mass is 32.2. The Bertz CT molecular complexity index is 599. The van der Waals surface area contributed by atoms with Crippen molar-refractivity contribution in [2.24, 2.45) is 0 Å². The summed E-state index contributed by atoms with van der Waals surface area (Å²) in [5.74, 6) is 3.60. The van der Waals surface area contributed by atoms with Crippen molar-refractivity contribution in [3.63, 3.8) is 0 Å². The lowest BCUT2D eigenvalue weighted by atomic mass is 10.1. The molecule has 7 heteroatoms. The van der Waals surface area contributed by atoms with Crippen LogP contribution in [0.3, 0.4) is 0 Å². The van der Waals surface area contributed by atoms with E-state index in [1.54, 1.807) is 0 Å². The third-order valence-electron chi connectivity index (χ3n) is 3.95. The number of aromatic nitrogens is 2. The minimum absolute atomic E-state index is 0.185. The zero-order chi connectivity index (χ0) is 14.9. The van der Waals surface area contributed by atoms with Crippen molar-refractivity contribution in [1.82, 2.24) is 9.97 Å². The fourth-order valence-electron chi connectivity index (χ4n) is 2.58. The maximum absolute atomic E-state index is 11.5. The summed E-state index contributed by atoms with van der Waals surface area (Å²) in [5, 5.41) is 6.62. The van der Waals surface area contributed by atoms with Crippen molar-refractivity contribution < 1.29 is 8.42 Å². The quantitative estimate of drug-likeness (QED) is 0.862. The van der Waals surface area contributed by atoms with Crippen LogP contribution in [-0.2, 0) is 9.84 Å². The largest absolute Gasteiger partial charge is 0.370 e. The predicted octanol–water partition coefficient (Wildman–Crippen LogP) is 1.77. The van der Waals surface area contributed by atoms with Gasteiger partial charge in [0.25, 0.3) is 0 Å². The molecular weight excluding hydrogens is 288 g/mol. The van der Waals surface area contributed by atoms with Gasteiger partial charge in [0.05, 0.1) is 11.5 Å². The number of anilines is 2. The maximum atomic E-state index is 11.5. The van der Waals surface area contributed by atoms with Crippen LogP contribution in [0.2, 0.25) is 0 Å². The van der Waals surface area contributed by atoms with Crippen LogP contribution in [0.5, 0.6) is 0 Å². The zero-order valence-corrected chi connectivity index (χ0v) is 13.1. The molecule has 1 aromatic rings. The molecule has 116 valence electrons. The number of hydrogen-bond donors (Lipinski definition) is 2. The van der Waals surface area contributed by atoms with Gasteiger partial charge in [-0.05, 0) is 32.6 Å². The fraction of sp³-hybridized carbons (Fsp3) is 0.714. The minimum Gasteiger partial charge on any atom is -0.370 e. The summed E-state index contributed by atoms with van der Waals surface area (Å²) in [5.41, 5.74) is 0. The molecule has 1 saturated carbocycles. The van der Waals surface area contributed by atoms with Gasteiger partial charge in [0, 0.05) is 24.6 Å². The maximum Gasteiger partial charge on any atom is 0.150 e. The smallest absolute Gasteiger partial charge is 0.150 e. The SMILES string of the molecule is CCNc1cc(NC2CCS(=O)(=O)CC2)nc(C2CC2)n1. The predicted molar refractivity (Wildman–Crippen MR) is 83.5 cm³/mol. The average molecular weight is 310 g/mol. The Balaban J connectivity index is 1.72. The molecule has 0 bridgehead atoms. The molecule has 0 unspecified atom stereocenters. The summed E-state index contributed by atoms with van der Waals surface area (Å²) in [6, 6.07) is 2.10. The summed E-state index contributed by atoms with van der Waals surface area (Å²) in [7, 11) is -2.82. The van der Waals surface area contributed by atoms with Crippen molar-refractivity contribution >= 4 is 21.5 Å². The van der Waals surface area contributed by atoms with Crippen molar-refractivity contribution in [3.8, 4) is 0 Å². The molecule has 2 heterocycles. The van der Waals surface area contributed by atoms with E-state index in [0.717, 1.165) is 36.8 Å². The Morgan fingerprint density at radius 3 is 2.43 bits per heavy atom. The monoisotopic (exact) mass is 310 g/mol. The molecule has 3 rings (SSSR count). The molecule has 1 aliphatic heterocycles. The van der Waals surface area contributed by atoms with Gasteiger partial charge in [-0.1, -0.05) is 0 Å². The second kappa shape index (κ2) is 5.79. The first-order chi connectivity index (χ1) is 10.1. The summed E-state index contributed by atoms with van der Waals surface area (Å²) in [6.45, 7) is 2.86.